The molecule has 1 N–H and O–H groups in total. The Labute approximate surface area is 95.3 Å². The van der Waals surface area contributed by atoms with Crippen LogP contribution in [-0.4, -0.2) is 10.9 Å². The van der Waals surface area contributed by atoms with E-state index in [9.17, 15) is 0 Å². The van der Waals surface area contributed by atoms with Gasteiger partial charge in [0.15, 0.2) is 0 Å². The van der Waals surface area contributed by atoms with E-state index in [0.29, 0.717) is 17.8 Å². The molecule has 0 aliphatic heterocycles. The van der Waals surface area contributed by atoms with E-state index in [1.165, 1.54) is 5.56 Å². The van der Waals surface area contributed by atoms with Crippen molar-refractivity contribution < 1.29 is 5.21 Å². The van der Waals surface area contributed by atoms with Crippen LogP contribution < -0.4 is 0 Å². The highest BCUT2D eigenvalue weighted by molar-refractivity contribution is 5.93. The number of hydrogen-bond acceptors (Lipinski definition) is 2. The van der Waals surface area contributed by atoms with Gasteiger partial charge in [-0.15, -0.1) is 0 Å². The SMILES string of the molecule is O/N=C1/[C@@H]2C=C[C@H](c3ccccc3)[C@@H]1CC2. The maximum Gasteiger partial charge on any atom is 0.0679 e. The topological polar surface area (TPSA) is 32.6 Å². The minimum Gasteiger partial charge on any atom is -0.411 e. The van der Waals surface area contributed by atoms with Gasteiger partial charge in [0, 0.05) is 17.8 Å². The summed E-state index contributed by atoms with van der Waals surface area (Å²) in [5, 5.41) is 12.6. The first-order valence-electron chi connectivity index (χ1n) is 5.85. The number of fused-ring (bicyclic) bond motifs is 2. The smallest absolute Gasteiger partial charge is 0.0679 e. The summed E-state index contributed by atoms with van der Waals surface area (Å²) in [6, 6.07) is 10.5. The maximum atomic E-state index is 9.09. The van der Waals surface area contributed by atoms with Crippen LogP contribution in [0.15, 0.2) is 47.6 Å². The van der Waals surface area contributed by atoms with Gasteiger partial charge in [0.2, 0.25) is 0 Å². The van der Waals surface area contributed by atoms with Crippen molar-refractivity contribution >= 4 is 5.71 Å². The molecule has 82 valence electrons. The van der Waals surface area contributed by atoms with Gasteiger partial charge in [-0.3, -0.25) is 0 Å². The van der Waals surface area contributed by atoms with E-state index in [1.54, 1.807) is 0 Å². The van der Waals surface area contributed by atoms with Crippen LogP contribution >= 0.6 is 0 Å². The number of hydrogen-bond donors (Lipinski definition) is 1. The van der Waals surface area contributed by atoms with Crippen LogP contribution in [0.4, 0.5) is 0 Å². The van der Waals surface area contributed by atoms with Gasteiger partial charge in [-0.1, -0.05) is 47.6 Å². The molecule has 3 rings (SSSR count). The van der Waals surface area contributed by atoms with Crippen molar-refractivity contribution in [1.82, 2.24) is 0 Å². The highest BCUT2D eigenvalue weighted by Crippen LogP contribution is 2.43. The largest absolute Gasteiger partial charge is 0.411 e. The highest BCUT2D eigenvalue weighted by atomic mass is 16.4. The number of allylic oxidation sites excluding steroid dienone is 2. The lowest BCUT2D eigenvalue weighted by Crippen LogP contribution is -2.23. The third-order valence-corrected chi connectivity index (χ3v) is 3.83. The van der Waals surface area contributed by atoms with E-state index < -0.39 is 0 Å². The molecule has 2 aliphatic rings. The fourth-order valence-corrected chi connectivity index (χ4v) is 3.04. The molecule has 0 unspecified atom stereocenters. The predicted octanol–water partition coefficient (Wildman–Crippen LogP) is 3.20. The average Bonchev–Trinajstić information content (AvgIpc) is 2.63. The molecule has 1 aromatic carbocycles. The van der Waals surface area contributed by atoms with Crippen molar-refractivity contribution in [2.75, 3.05) is 0 Å². The minimum absolute atomic E-state index is 0.384. The molecule has 2 heteroatoms. The Hall–Kier alpha value is -1.57. The summed E-state index contributed by atoms with van der Waals surface area (Å²) in [6.07, 6.45) is 6.75. The first-order chi connectivity index (χ1) is 7.90. The highest BCUT2D eigenvalue weighted by Gasteiger charge is 2.39. The van der Waals surface area contributed by atoms with E-state index in [4.69, 9.17) is 5.21 Å². The van der Waals surface area contributed by atoms with Gasteiger partial charge in [0.05, 0.1) is 5.71 Å². The molecule has 16 heavy (non-hydrogen) atoms. The van der Waals surface area contributed by atoms with Gasteiger partial charge in [-0.2, -0.15) is 0 Å². The molecule has 1 fully saturated rings. The first kappa shape index (κ1) is 9.64. The van der Waals surface area contributed by atoms with Gasteiger partial charge in [-0.05, 0) is 18.4 Å². The Bertz CT molecular complexity index is 435. The molecule has 3 atom stereocenters. The third kappa shape index (κ3) is 1.37. The van der Waals surface area contributed by atoms with Crippen LogP contribution in [-0.2, 0) is 0 Å². The van der Waals surface area contributed by atoms with E-state index in [1.807, 2.05) is 6.07 Å². The van der Waals surface area contributed by atoms with Gasteiger partial charge < -0.3 is 5.21 Å². The number of rotatable bonds is 1. The summed E-state index contributed by atoms with van der Waals surface area (Å²) in [7, 11) is 0. The van der Waals surface area contributed by atoms with Crippen molar-refractivity contribution in [2.24, 2.45) is 17.0 Å². The van der Waals surface area contributed by atoms with Crippen LogP contribution in [0.2, 0.25) is 0 Å². The standard InChI is InChI=1S/C14H15NO/c16-15-14-11-6-8-12(13(14)9-7-11)10-4-2-1-3-5-10/h1-6,8,11-13,16H,7,9H2/b15-14-/t11-,12-,13+/m1/s1. The fourth-order valence-electron chi connectivity index (χ4n) is 3.04. The molecular formula is C14H15NO. The molecule has 1 saturated carbocycles. The van der Waals surface area contributed by atoms with Gasteiger partial charge >= 0.3 is 0 Å². The second kappa shape index (κ2) is 3.78. The molecule has 2 nitrogen and oxygen atoms in total. The van der Waals surface area contributed by atoms with Crippen molar-refractivity contribution in [2.45, 2.75) is 18.8 Å². The molecule has 0 radical (unpaired) electrons. The van der Waals surface area contributed by atoms with Crippen molar-refractivity contribution in [1.29, 1.82) is 0 Å². The summed E-state index contributed by atoms with van der Waals surface area (Å²) in [6.45, 7) is 0. The lowest BCUT2D eigenvalue weighted by molar-refractivity contribution is 0.312. The van der Waals surface area contributed by atoms with Gasteiger partial charge in [0.1, 0.15) is 0 Å². The molecule has 2 bridgehead atoms. The number of nitrogens with zero attached hydrogens (tertiary/aromatic N) is 1. The van der Waals surface area contributed by atoms with Crippen LogP contribution in [0.1, 0.15) is 24.3 Å². The van der Waals surface area contributed by atoms with Gasteiger partial charge in [-0.25, -0.2) is 0 Å². The Morgan fingerprint density at radius 2 is 1.88 bits per heavy atom. The summed E-state index contributed by atoms with van der Waals surface area (Å²) in [5.74, 6) is 1.18. The zero-order valence-electron chi connectivity index (χ0n) is 9.08. The number of oxime groups is 1. The Balaban J connectivity index is 1.99. The third-order valence-electron chi connectivity index (χ3n) is 3.83. The second-order valence-electron chi connectivity index (χ2n) is 4.64. The van der Waals surface area contributed by atoms with Crippen molar-refractivity contribution in [3.05, 3.63) is 48.0 Å². The zero-order chi connectivity index (χ0) is 11.0. The van der Waals surface area contributed by atoms with E-state index in [-0.39, 0.29) is 0 Å². The molecule has 0 amide bonds. The molecule has 0 spiro atoms. The number of benzene rings is 1. The van der Waals surface area contributed by atoms with Crippen LogP contribution in [0.3, 0.4) is 0 Å². The summed E-state index contributed by atoms with van der Waals surface area (Å²) in [4.78, 5) is 0. The monoisotopic (exact) mass is 213 g/mol. The van der Waals surface area contributed by atoms with Gasteiger partial charge in [0.25, 0.3) is 0 Å². The predicted molar refractivity (Wildman–Crippen MR) is 63.8 cm³/mol. The normalized spacial score (nSPS) is 34.5. The Kier molecular flexibility index (Phi) is 2.28. The maximum absolute atomic E-state index is 9.09. The molecule has 0 aromatic heterocycles. The van der Waals surface area contributed by atoms with Crippen molar-refractivity contribution in [3.8, 4) is 0 Å². The molecule has 0 heterocycles. The van der Waals surface area contributed by atoms with Crippen LogP contribution in [0, 0.1) is 11.8 Å². The lowest BCUT2D eigenvalue weighted by Gasteiger charge is -2.25. The van der Waals surface area contributed by atoms with E-state index in [0.717, 1.165) is 18.6 Å². The van der Waals surface area contributed by atoms with Crippen LogP contribution in [0.5, 0.6) is 0 Å². The molecule has 2 aliphatic carbocycles. The molecule has 0 saturated heterocycles. The fraction of sp³-hybridized carbons (Fsp3) is 0.357. The average molecular weight is 213 g/mol. The van der Waals surface area contributed by atoms with E-state index in [2.05, 4.69) is 41.6 Å². The lowest BCUT2D eigenvalue weighted by atomic mass is 9.79. The Morgan fingerprint density at radius 1 is 1.06 bits per heavy atom. The van der Waals surface area contributed by atoms with E-state index >= 15 is 0 Å². The molecule has 1 aromatic rings. The minimum atomic E-state index is 0.384. The quantitative estimate of drug-likeness (QED) is 0.433. The summed E-state index contributed by atoms with van der Waals surface area (Å²) >= 11 is 0. The van der Waals surface area contributed by atoms with Crippen LogP contribution in [0.25, 0.3) is 0 Å². The molecular weight excluding hydrogens is 198 g/mol. The summed E-state index contributed by atoms with van der Waals surface area (Å²) < 4.78 is 0. The second-order valence-corrected chi connectivity index (χ2v) is 4.64. The first-order valence-corrected chi connectivity index (χ1v) is 5.85. The summed E-state index contributed by atoms with van der Waals surface area (Å²) in [5.41, 5.74) is 2.31. The van der Waals surface area contributed by atoms with Crippen molar-refractivity contribution in [3.63, 3.8) is 0 Å². The zero-order valence-corrected chi connectivity index (χ0v) is 9.08. The Morgan fingerprint density at radius 3 is 2.62 bits per heavy atom.